The Morgan fingerprint density at radius 1 is 1.33 bits per heavy atom. The van der Waals surface area contributed by atoms with Gasteiger partial charge in [-0.3, -0.25) is 4.79 Å². The van der Waals surface area contributed by atoms with E-state index in [4.69, 9.17) is 4.74 Å². The molecule has 2 heteroatoms. The Kier molecular flexibility index (Phi) is 5.14. The molecule has 0 saturated carbocycles. The Morgan fingerprint density at radius 3 is 2.33 bits per heavy atom. The zero-order valence-electron chi connectivity index (χ0n) is 8.64. The minimum atomic E-state index is -0.193. The van der Waals surface area contributed by atoms with Crippen molar-refractivity contribution in [1.82, 2.24) is 0 Å². The number of hydrogen-bond acceptors (Lipinski definition) is 2. The van der Waals surface area contributed by atoms with Crippen LogP contribution in [-0.2, 0) is 9.53 Å². The normalized spacial score (nSPS) is 11.7. The Labute approximate surface area is 75.3 Å². The van der Waals surface area contributed by atoms with E-state index in [0.29, 0.717) is 6.42 Å². The van der Waals surface area contributed by atoms with Crippen molar-refractivity contribution >= 4 is 5.78 Å². The zero-order chi connectivity index (χ0) is 9.61. The summed E-state index contributed by atoms with van der Waals surface area (Å²) in [4.78, 5) is 11.1. The van der Waals surface area contributed by atoms with Crippen LogP contribution in [0.2, 0.25) is 0 Å². The topological polar surface area (TPSA) is 26.3 Å². The Hall–Kier alpha value is -0.370. The second kappa shape index (κ2) is 5.31. The molecule has 12 heavy (non-hydrogen) atoms. The van der Waals surface area contributed by atoms with Crippen LogP contribution >= 0.6 is 0 Å². The van der Waals surface area contributed by atoms with Crippen LogP contribution in [0.4, 0.5) is 0 Å². The predicted octanol–water partition coefficient (Wildman–Crippen LogP) is 2.56. The number of ether oxygens (including phenoxy) is 1. The number of rotatable bonds is 5. The van der Waals surface area contributed by atoms with Crippen molar-refractivity contribution in [2.45, 2.75) is 52.6 Å². The Morgan fingerprint density at radius 2 is 1.92 bits per heavy atom. The molecule has 0 aromatic carbocycles. The maximum Gasteiger partial charge on any atom is 0.158 e. The minimum absolute atomic E-state index is 0.193. The molecule has 0 bridgehead atoms. The fourth-order valence-electron chi connectivity index (χ4n) is 0.743. The lowest BCUT2D eigenvalue weighted by Gasteiger charge is -2.18. The lowest BCUT2D eigenvalue weighted by atomic mass is 10.1. The lowest BCUT2D eigenvalue weighted by molar-refractivity contribution is -0.128. The summed E-state index contributed by atoms with van der Waals surface area (Å²) in [5.74, 6) is 0.215. The number of Topliss-reactive ketones (excluding diaryl/α,β-unsaturated/α-hetero) is 1. The van der Waals surface area contributed by atoms with Gasteiger partial charge < -0.3 is 4.74 Å². The summed E-state index contributed by atoms with van der Waals surface area (Å²) in [5.41, 5.74) is -0.193. The molecular weight excluding hydrogens is 152 g/mol. The molecule has 0 aromatic heterocycles. The van der Waals surface area contributed by atoms with Crippen molar-refractivity contribution in [3.63, 3.8) is 0 Å². The Balaban J connectivity index is 3.44. The molecule has 0 aliphatic carbocycles. The summed E-state index contributed by atoms with van der Waals surface area (Å²) < 4.78 is 5.34. The van der Waals surface area contributed by atoms with Gasteiger partial charge in [-0.25, -0.2) is 0 Å². The van der Waals surface area contributed by atoms with Crippen LogP contribution in [0.1, 0.15) is 47.0 Å². The standard InChI is InChI=1S/C10H20O2/c1-5-6-7-9(11)8-12-10(2,3)4/h5-8H2,1-4H3. The smallest absolute Gasteiger partial charge is 0.158 e. The van der Waals surface area contributed by atoms with Crippen LogP contribution in [0.25, 0.3) is 0 Å². The summed E-state index contributed by atoms with van der Waals surface area (Å²) >= 11 is 0. The average Bonchev–Trinajstić information content (AvgIpc) is 1.95. The maximum absolute atomic E-state index is 11.1. The molecule has 0 aliphatic heterocycles. The fourth-order valence-corrected chi connectivity index (χ4v) is 0.743. The highest BCUT2D eigenvalue weighted by Gasteiger charge is 2.12. The zero-order valence-corrected chi connectivity index (χ0v) is 8.64. The quantitative estimate of drug-likeness (QED) is 0.637. The lowest BCUT2D eigenvalue weighted by Crippen LogP contribution is -2.23. The molecule has 0 spiro atoms. The van der Waals surface area contributed by atoms with Gasteiger partial charge in [0.25, 0.3) is 0 Å². The van der Waals surface area contributed by atoms with Gasteiger partial charge in [0.15, 0.2) is 5.78 Å². The number of hydrogen-bond donors (Lipinski definition) is 0. The molecule has 0 aromatic rings. The van der Waals surface area contributed by atoms with Gasteiger partial charge in [0.1, 0.15) is 6.61 Å². The summed E-state index contributed by atoms with van der Waals surface area (Å²) in [7, 11) is 0. The van der Waals surface area contributed by atoms with Gasteiger partial charge in [-0.15, -0.1) is 0 Å². The fraction of sp³-hybridized carbons (Fsp3) is 0.900. The summed E-state index contributed by atoms with van der Waals surface area (Å²) in [5, 5.41) is 0. The van der Waals surface area contributed by atoms with Crippen LogP contribution < -0.4 is 0 Å². The van der Waals surface area contributed by atoms with E-state index in [9.17, 15) is 4.79 Å². The second-order valence-electron chi connectivity index (χ2n) is 4.04. The van der Waals surface area contributed by atoms with Crippen molar-refractivity contribution < 1.29 is 9.53 Å². The molecule has 0 rings (SSSR count). The van der Waals surface area contributed by atoms with Gasteiger partial charge in [-0.05, 0) is 27.2 Å². The van der Waals surface area contributed by atoms with E-state index < -0.39 is 0 Å². The molecule has 0 unspecified atom stereocenters. The van der Waals surface area contributed by atoms with Crippen LogP contribution in [-0.4, -0.2) is 18.0 Å². The average molecular weight is 172 g/mol. The van der Waals surface area contributed by atoms with Gasteiger partial charge in [-0.1, -0.05) is 13.3 Å². The summed E-state index contributed by atoms with van der Waals surface area (Å²) in [6.45, 7) is 8.22. The van der Waals surface area contributed by atoms with Crippen LogP contribution in [0.15, 0.2) is 0 Å². The first-order valence-electron chi connectivity index (χ1n) is 4.61. The molecule has 0 fully saturated rings. The second-order valence-corrected chi connectivity index (χ2v) is 4.04. The minimum Gasteiger partial charge on any atom is -0.368 e. The van der Waals surface area contributed by atoms with Crippen molar-refractivity contribution in [1.29, 1.82) is 0 Å². The predicted molar refractivity (Wildman–Crippen MR) is 50.2 cm³/mol. The highest BCUT2D eigenvalue weighted by atomic mass is 16.5. The van der Waals surface area contributed by atoms with E-state index in [1.807, 2.05) is 20.8 Å². The van der Waals surface area contributed by atoms with Crippen LogP contribution in [0.5, 0.6) is 0 Å². The molecular formula is C10H20O2. The molecule has 0 N–H and O–H groups in total. The molecule has 0 radical (unpaired) electrons. The Bertz CT molecular complexity index is 133. The molecule has 0 saturated heterocycles. The highest BCUT2D eigenvalue weighted by Crippen LogP contribution is 2.07. The van der Waals surface area contributed by atoms with E-state index in [2.05, 4.69) is 6.92 Å². The van der Waals surface area contributed by atoms with Gasteiger partial charge in [0.2, 0.25) is 0 Å². The third kappa shape index (κ3) is 7.73. The molecule has 0 atom stereocenters. The first kappa shape index (κ1) is 11.6. The molecule has 0 aliphatic rings. The van der Waals surface area contributed by atoms with E-state index >= 15 is 0 Å². The summed E-state index contributed by atoms with van der Waals surface area (Å²) in [6, 6.07) is 0. The van der Waals surface area contributed by atoms with Crippen LogP contribution in [0, 0.1) is 0 Å². The third-order valence-corrected chi connectivity index (χ3v) is 1.48. The third-order valence-electron chi connectivity index (χ3n) is 1.48. The molecule has 0 heterocycles. The first-order valence-corrected chi connectivity index (χ1v) is 4.61. The van der Waals surface area contributed by atoms with Gasteiger partial charge in [0.05, 0.1) is 5.60 Å². The van der Waals surface area contributed by atoms with Crippen molar-refractivity contribution in [3.05, 3.63) is 0 Å². The van der Waals surface area contributed by atoms with E-state index in [-0.39, 0.29) is 18.0 Å². The summed E-state index contributed by atoms with van der Waals surface area (Å²) in [6.07, 6.45) is 2.71. The molecule has 0 amide bonds. The van der Waals surface area contributed by atoms with Gasteiger partial charge >= 0.3 is 0 Å². The van der Waals surface area contributed by atoms with Crippen molar-refractivity contribution in [2.75, 3.05) is 6.61 Å². The highest BCUT2D eigenvalue weighted by molar-refractivity contribution is 5.79. The van der Waals surface area contributed by atoms with E-state index in [1.165, 1.54) is 0 Å². The molecule has 2 nitrogen and oxygen atoms in total. The van der Waals surface area contributed by atoms with E-state index in [1.54, 1.807) is 0 Å². The molecule has 72 valence electrons. The number of ketones is 1. The van der Waals surface area contributed by atoms with Crippen molar-refractivity contribution in [3.8, 4) is 0 Å². The number of unbranched alkanes of at least 4 members (excludes halogenated alkanes) is 1. The first-order chi connectivity index (χ1) is 5.45. The van der Waals surface area contributed by atoms with Gasteiger partial charge in [0, 0.05) is 6.42 Å². The van der Waals surface area contributed by atoms with E-state index in [0.717, 1.165) is 12.8 Å². The van der Waals surface area contributed by atoms with Crippen LogP contribution in [0.3, 0.4) is 0 Å². The van der Waals surface area contributed by atoms with Gasteiger partial charge in [-0.2, -0.15) is 0 Å². The number of carbonyl (C=O) groups is 1. The largest absolute Gasteiger partial charge is 0.368 e. The monoisotopic (exact) mass is 172 g/mol. The maximum atomic E-state index is 11.1. The van der Waals surface area contributed by atoms with Crippen molar-refractivity contribution in [2.24, 2.45) is 0 Å². The SMILES string of the molecule is CCCCC(=O)COC(C)(C)C. The number of carbonyl (C=O) groups excluding carboxylic acids is 1.